The molecule has 2 N–H and O–H groups in total. The van der Waals surface area contributed by atoms with Crippen LogP contribution in [0.15, 0.2) is 53.4 Å². The van der Waals surface area contributed by atoms with Crippen molar-refractivity contribution >= 4 is 27.6 Å². The van der Waals surface area contributed by atoms with Crippen molar-refractivity contribution in [3.05, 3.63) is 69.8 Å². The number of amides is 1. The fourth-order valence-corrected chi connectivity index (χ4v) is 6.13. The summed E-state index contributed by atoms with van der Waals surface area (Å²) in [6, 6.07) is 11.5. The maximum absolute atomic E-state index is 13.6. The number of carboxylic acids is 1. The molecule has 3 atom stereocenters. The molecule has 1 amide bonds. The van der Waals surface area contributed by atoms with Crippen LogP contribution in [-0.2, 0) is 26.0 Å². The van der Waals surface area contributed by atoms with E-state index in [2.05, 4.69) is 4.72 Å². The Balaban J connectivity index is 1.59. The number of non-ortho nitro benzene ring substituents is 1. The molecule has 10 nitrogen and oxygen atoms in total. The number of hydrogen-bond acceptors (Lipinski definition) is 6. The molecular formula is C24H27N3O7S. The Kier molecular flexibility index (Phi) is 7.18. The maximum atomic E-state index is 13.6. The second kappa shape index (κ2) is 10.1. The number of carbonyl (C=O) groups is 2. The van der Waals surface area contributed by atoms with Gasteiger partial charge in [0, 0.05) is 25.2 Å². The highest BCUT2D eigenvalue weighted by Crippen LogP contribution is 2.36. The van der Waals surface area contributed by atoms with E-state index in [1.165, 1.54) is 0 Å². The molecule has 0 spiro atoms. The fraction of sp³-hybridized carbons (Fsp3) is 0.417. The van der Waals surface area contributed by atoms with E-state index in [9.17, 15) is 33.2 Å². The number of nitro groups is 1. The molecule has 1 fully saturated rings. The molecule has 1 aliphatic carbocycles. The largest absolute Gasteiger partial charge is 0.481 e. The molecule has 2 aliphatic rings. The Bertz CT molecular complexity index is 1230. The van der Waals surface area contributed by atoms with Crippen LogP contribution in [0.3, 0.4) is 0 Å². The molecular weight excluding hydrogens is 474 g/mol. The topological polar surface area (TPSA) is 147 Å². The van der Waals surface area contributed by atoms with Gasteiger partial charge in [0.05, 0.1) is 27.7 Å². The third kappa shape index (κ3) is 5.20. The number of nitrogens with one attached hydrogen (secondary N) is 1. The van der Waals surface area contributed by atoms with Crippen LogP contribution >= 0.6 is 0 Å². The van der Waals surface area contributed by atoms with E-state index < -0.39 is 38.8 Å². The lowest BCUT2D eigenvalue weighted by Gasteiger charge is -2.41. The van der Waals surface area contributed by atoms with Gasteiger partial charge in [-0.1, -0.05) is 37.1 Å². The summed E-state index contributed by atoms with van der Waals surface area (Å²) in [5.41, 5.74) is 1.61. The van der Waals surface area contributed by atoms with Gasteiger partial charge in [-0.25, -0.2) is 13.1 Å². The van der Waals surface area contributed by atoms with Crippen molar-refractivity contribution in [3.63, 3.8) is 0 Å². The first-order valence-corrected chi connectivity index (χ1v) is 13.0. The maximum Gasteiger partial charge on any atom is 0.307 e. The van der Waals surface area contributed by atoms with Crippen molar-refractivity contribution in [1.82, 2.24) is 9.62 Å². The van der Waals surface area contributed by atoms with Crippen LogP contribution in [0.2, 0.25) is 0 Å². The predicted octanol–water partition coefficient (Wildman–Crippen LogP) is 2.89. The van der Waals surface area contributed by atoms with Gasteiger partial charge in [0.1, 0.15) is 0 Å². The molecule has 0 unspecified atom stereocenters. The second-order valence-electron chi connectivity index (χ2n) is 8.93. The third-order valence-electron chi connectivity index (χ3n) is 6.92. The van der Waals surface area contributed by atoms with Gasteiger partial charge in [0.25, 0.3) is 5.69 Å². The number of benzene rings is 2. The van der Waals surface area contributed by atoms with Crippen LogP contribution in [0.4, 0.5) is 5.69 Å². The number of sulfonamides is 1. The highest BCUT2D eigenvalue weighted by atomic mass is 32.2. The quantitative estimate of drug-likeness (QED) is 0.438. The Hall–Kier alpha value is -3.31. The average molecular weight is 502 g/mol. The van der Waals surface area contributed by atoms with E-state index in [1.807, 2.05) is 24.3 Å². The number of carbonyl (C=O) groups excluding carboxylic acids is 1. The number of fused-ring (bicyclic) bond motifs is 1. The monoisotopic (exact) mass is 501 g/mol. The molecule has 1 heterocycles. The zero-order valence-electron chi connectivity index (χ0n) is 19.0. The van der Waals surface area contributed by atoms with Crippen LogP contribution in [0.25, 0.3) is 0 Å². The third-order valence-corrected chi connectivity index (χ3v) is 8.36. The summed E-state index contributed by atoms with van der Waals surface area (Å²) in [7, 11) is -4.01. The average Bonchev–Trinajstić information content (AvgIpc) is 2.86. The fourth-order valence-electron chi connectivity index (χ4n) is 5.09. The Morgan fingerprint density at radius 1 is 1.06 bits per heavy atom. The summed E-state index contributed by atoms with van der Waals surface area (Å²) in [5, 5.41) is 20.5. The number of rotatable bonds is 7. The summed E-state index contributed by atoms with van der Waals surface area (Å²) in [6.45, 7) is 0.259. The van der Waals surface area contributed by atoms with Crippen molar-refractivity contribution in [3.8, 4) is 0 Å². The molecule has 2 aromatic carbocycles. The summed E-state index contributed by atoms with van der Waals surface area (Å²) in [6.07, 6.45) is 3.09. The lowest BCUT2D eigenvalue weighted by Crippen LogP contribution is -2.49. The van der Waals surface area contributed by atoms with E-state index in [0.717, 1.165) is 48.2 Å². The van der Waals surface area contributed by atoms with Gasteiger partial charge < -0.3 is 10.0 Å². The van der Waals surface area contributed by atoms with Crippen LogP contribution in [0.1, 0.15) is 42.9 Å². The van der Waals surface area contributed by atoms with Gasteiger partial charge in [0.15, 0.2) is 0 Å². The molecule has 0 radical (unpaired) electrons. The van der Waals surface area contributed by atoms with Gasteiger partial charge in [-0.2, -0.15) is 0 Å². The minimum atomic E-state index is -4.01. The number of carboxylic acid groups (broad SMARTS) is 1. The van der Waals surface area contributed by atoms with Gasteiger partial charge >= 0.3 is 5.97 Å². The van der Waals surface area contributed by atoms with Crippen molar-refractivity contribution < 1.29 is 28.0 Å². The molecule has 0 bridgehead atoms. The van der Waals surface area contributed by atoms with Crippen molar-refractivity contribution in [2.24, 2.45) is 11.8 Å². The van der Waals surface area contributed by atoms with Crippen LogP contribution in [0, 0.1) is 22.0 Å². The molecule has 4 rings (SSSR count). The van der Waals surface area contributed by atoms with E-state index in [1.54, 1.807) is 4.90 Å². The molecule has 0 aromatic heterocycles. The smallest absolute Gasteiger partial charge is 0.307 e. The van der Waals surface area contributed by atoms with Gasteiger partial charge in [0.2, 0.25) is 15.9 Å². The lowest BCUT2D eigenvalue weighted by atomic mass is 9.77. The minimum Gasteiger partial charge on any atom is -0.481 e. The van der Waals surface area contributed by atoms with E-state index in [4.69, 9.17) is 0 Å². The highest BCUT2D eigenvalue weighted by Gasteiger charge is 2.41. The van der Waals surface area contributed by atoms with Crippen molar-refractivity contribution in [2.75, 3.05) is 13.1 Å². The van der Waals surface area contributed by atoms with Crippen LogP contribution in [0.5, 0.6) is 0 Å². The summed E-state index contributed by atoms with van der Waals surface area (Å²) >= 11 is 0. The Morgan fingerprint density at radius 3 is 2.37 bits per heavy atom. The van der Waals surface area contributed by atoms with Crippen LogP contribution < -0.4 is 4.72 Å². The highest BCUT2D eigenvalue weighted by molar-refractivity contribution is 7.89. The van der Waals surface area contributed by atoms with Gasteiger partial charge in [-0.05, 0) is 42.5 Å². The predicted molar refractivity (Wildman–Crippen MR) is 126 cm³/mol. The van der Waals surface area contributed by atoms with Crippen molar-refractivity contribution in [1.29, 1.82) is 0 Å². The van der Waals surface area contributed by atoms with E-state index in [-0.39, 0.29) is 23.0 Å². The molecule has 1 saturated carbocycles. The molecule has 1 aliphatic heterocycles. The SMILES string of the molecule is O=C(O)[C@H]1CCCC[C@H]1C(=O)N1CCc2ccccc2[C@H]1CNS(=O)(=O)c1ccc([N+](=O)[O-])cc1. The lowest BCUT2D eigenvalue weighted by molar-refractivity contribution is -0.384. The summed E-state index contributed by atoms with van der Waals surface area (Å²) in [4.78, 5) is 37.2. The molecule has 186 valence electrons. The number of hydrogen-bond donors (Lipinski definition) is 2. The number of nitrogens with zero attached hydrogens (tertiary/aromatic N) is 2. The van der Waals surface area contributed by atoms with Gasteiger partial charge in [-0.15, -0.1) is 0 Å². The minimum absolute atomic E-state index is 0.105. The Morgan fingerprint density at radius 2 is 1.71 bits per heavy atom. The zero-order valence-corrected chi connectivity index (χ0v) is 19.8. The summed E-state index contributed by atoms with van der Waals surface area (Å²) < 4.78 is 28.4. The normalized spacial score (nSPS) is 22.3. The first kappa shape index (κ1) is 24.8. The number of nitro benzene ring substituents is 1. The molecule has 2 aromatic rings. The van der Waals surface area contributed by atoms with Gasteiger partial charge in [-0.3, -0.25) is 19.7 Å². The first-order chi connectivity index (χ1) is 16.7. The molecule has 0 saturated heterocycles. The van der Waals surface area contributed by atoms with Crippen molar-refractivity contribution in [2.45, 2.75) is 43.0 Å². The molecule has 11 heteroatoms. The molecule has 35 heavy (non-hydrogen) atoms. The zero-order chi connectivity index (χ0) is 25.2. The summed E-state index contributed by atoms with van der Waals surface area (Å²) in [5.74, 6) is -2.62. The number of aliphatic carboxylic acids is 1. The standard InChI is InChI=1S/C24H27N3O7S/c28-23(20-7-3-4-8-21(20)24(29)30)26-14-13-16-5-1-2-6-19(16)22(26)15-25-35(33,34)18-11-9-17(10-12-18)27(31)32/h1-2,5-6,9-12,20-22,25H,3-4,7-8,13-15H2,(H,29,30)/t20-,21+,22-/m1/s1. The first-order valence-electron chi connectivity index (χ1n) is 11.5. The Labute approximate surface area is 203 Å². The second-order valence-corrected chi connectivity index (χ2v) is 10.7. The van der Waals surface area contributed by atoms with E-state index >= 15 is 0 Å². The van der Waals surface area contributed by atoms with Crippen LogP contribution in [-0.4, -0.2) is 48.3 Å². The van der Waals surface area contributed by atoms with E-state index in [0.29, 0.717) is 25.8 Å².